The van der Waals surface area contributed by atoms with Crippen LogP contribution in [-0.4, -0.2) is 10.9 Å². The third-order valence-corrected chi connectivity index (χ3v) is 3.09. The average Bonchev–Trinajstić information content (AvgIpc) is 2.41. The topological polar surface area (TPSA) is 42.0 Å². The van der Waals surface area contributed by atoms with E-state index >= 15 is 0 Å². The Morgan fingerprint density at radius 2 is 2.00 bits per heavy atom. The van der Waals surface area contributed by atoms with Gasteiger partial charge < -0.3 is 5.32 Å². The zero-order valence-electron chi connectivity index (χ0n) is 10.7. The molecule has 0 bridgehead atoms. The number of carbonyl (C=O) groups is 1. The summed E-state index contributed by atoms with van der Waals surface area (Å²) in [5, 5.41) is 3.57. The molecular formula is C15H15ClN2O. The lowest BCUT2D eigenvalue weighted by Gasteiger charge is -2.08. The van der Waals surface area contributed by atoms with Crippen molar-refractivity contribution in [3.63, 3.8) is 0 Å². The summed E-state index contributed by atoms with van der Waals surface area (Å²) in [6.45, 7) is 1.92. The monoisotopic (exact) mass is 274 g/mol. The van der Waals surface area contributed by atoms with Crippen molar-refractivity contribution in [3.8, 4) is 0 Å². The van der Waals surface area contributed by atoms with Gasteiger partial charge in [-0.15, -0.1) is 0 Å². The molecule has 0 saturated carbocycles. The lowest BCUT2D eigenvalue weighted by molar-refractivity contribution is -0.116. The zero-order valence-corrected chi connectivity index (χ0v) is 11.4. The molecule has 0 atom stereocenters. The van der Waals surface area contributed by atoms with E-state index in [1.54, 1.807) is 18.5 Å². The highest BCUT2D eigenvalue weighted by Gasteiger charge is 2.05. The third kappa shape index (κ3) is 4.07. The molecule has 1 heterocycles. The van der Waals surface area contributed by atoms with Gasteiger partial charge in [-0.2, -0.15) is 0 Å². The molecule has 0 saturated heterocycles. The van der Waals surface area contributed by atoms with Gasteiger partial charge in [-0.3, -0.25) is 9.78 Å². The van der Waals surface area contributed by atoms with Gasteiger partial charge in [-0.1, -0.05) is 11.6 Å². The normalized spacial score (nSPS) is 10.2. The molecule has 0 aliphatic heterocycles. The number of nitrogens with one attached hydrogen (secondary N) is 1. The van der Waals surface area contributed by atoms with Crippen LogP contribution in [0, 0.1) is 6.92 Å². The quantitative estimate of drug-likeness (QED) is 0.925. The molecule has 0 fully saturated rings. The molecule has 1 N–H and O–H groups in total. The minimum atomic E-state index is 0.00207. The number of amides is 1. The van der Waals surface area contributed by atoms with Crippen LogP contribution in [0.15, 0.2) is 42.7 Å². The molecule has 98 valence electrons. The molecule has 1 aromatic carbocycles. The number of carbonyl (C=O) groups excluding carboxylic acids is 1. The molecule has 2 aromatic rings. The molecule has 2 rings (SSSR count). The van der Waals surface area contributed by atoms with Gasteiger partial charge in [-0.05, 0) is 54.8 Å². The standard InChI is InChI=1S/C15H15ClN2O/c1-11-10-13(16)3-4-14(11)18-15(19)5-2-12-6-8-17-9-7-12/h3-4,6-10H,2,5H2,1H3,(H,18,19). The fraction of sp³-hybridized carbons (Fsp3) is 0.200. The minimum absolute atomic E-state index is 0.00207. The Hall–Kier alpha value is -1.87. The maximum Gasteiger partial charge on any atom is 0.224 e. The number of halogens is 1. The number of hydrogen-bond donors (Lipinski definition) is 1. The Labute approximate surface area is 117 Å². The second kappa shape index (κ2) is 6.34. The number of rotatable bonds is 4. The summed E-state index contributed by atoms with van der Waals surface area (Å²) in [4.78, 5) is 15.8. The average molecular weight is 275 g/mol. The molecule has 1 aromatic heterocycles. The summed E-state index contributed by atoms with van der Waals surface area (Å²) in [6, 6.07) is 9.26. The second-order valence-corrected chi connectivity index (χ2v) is 4.80. The first-order valence-corrected chi connectivity index (χ1v) is 6.48. The van der Waals surface area contributed by atoms with Crippen molar-refractivity contribution in [2.45, 2.75) is 19.8 Å². The molecule has 0 unspecified atom stereocenters. The molecule has 4 heteroatoms. The predicted molar refractivity (Wildman–Crippen MR) is 77.4 cm³/mol. The number of nitrogens with zero attached hydrogens (tertiary/aromatic N) is 1. The van der Waals surface area contributed by atoms with Crippen molar-refractivity contribution in [1.29, 1.82) is 0 Å². The number of aromatic nitrogens is 1. The Morgan fingerprint density at radius 3 is 2.68 bits per heavy atom. The van der Waals surface area contributed by atoms with Crippen molar-refractivity contribution in [1.82, 2.24) is 4.98 Å². The highest BCUT2D eigenvalue weighted by molar-refractivity contribution is 6.30. The van der Waals surface area contributed by atoms with Crippen LogP contribution < -0.4 is 5.32 Å². The van der Waals surface area contributed by atoms with Crippen LogP contribution in [0.3, 0.4) is 0 Å². The Bertz CT molecular complexity index is 570. The Balaban J connectivity index is 1.91. The molecule has 0 aliphatic rings. The number of benzene rings is 1. The van der Waals surface area contributed by atoms with E-state index in [4.69, 9.17) is 11.6 Å². The summed E-state index contributed by atoms with van der Waals surface area (Å²) in [5.74, 6) is 0.00207. The van der Waals surface area contributed by atoms with Gasteiger partial charge in [-0.25, -0.2) is 0 Å². The van der Waals surface area contributed by atoms with Crippen LogP contribution >= 0.6 is 11.6 Å². The smallest absolute Gasteiger partial charge is 0.224 e. The van der Waals surface area contributed by atoms with Crippen molar-refractivity contribution >= 4 is 23.2 Å². The van der Waals surface area contributed by atoms with Crippen LogP contribution in [0.1, 0.15) is 17.5 Å². The van der Waals surface area contributed by atoms with E-state index < -0.39 is 0 Å². The molecular weight excluding hydrogens is 260 g/mol. The zero-order chi connectivity index (χ0) is 13.7. The van der Waals surface area contributed by atoms with Gasteiger partial charge >= 0.3 is 0 Å². The van der Waals surface area contributed by atoms with E-state index in [1.165, 1.54) is 0 Å². The van der Waals surface area contributed by atoms with Crippen LogP contribution in [0.25, 0.3) is 0 Å². The first kappa shape index (κ1) is 13.6. The SMILES string of the molecule is Cc1cc(Cl)ccc1NC(=O)CCc1ccncc1. The van der Waals surface area contributed by atoms with Crippen molar-refractivity contribution < 1.29 is 4.79 Å². The number of aryl methyl sites for hydroxylation is 2. The highest BCUT2D eigenvalue weighted by atomic mass is 35.5. The maximum absolute atomic E-state index is 11.9. The van der Waals surface area contributed by atoms with E-state index in [0.717, 1.165) is 16.8 Å². The molecule has 19 heavy (non-hydrogen) atoms. The largest absolute Gasteiger partial charge is 0.326 e. The second-order valence-electron chi connectivity index (χ2n) is 4.36. The van der Waals surface area contributed by atoms with Crippen molar-refractivity contribution in [2.24, 2.45) is 0 Å². The van der Waals surface area contributed by atoms with Crippen LogP contribution in [-0.2, 0) is 11.2 Å². The van der Waals surface area contributed by atoms with E-state index in [-0.39, 0.29) is 5.91 Å². The van der Waals surface area contributed by atoms with E-state index in [0.29, 0.717) is 17.9 Å². The van der Waals surface area contributed by atoms with Crippen molar-refractivity contribution in [3.05, 3.63) is 58.9 Å². The van der Waals surface area contributed by atoms with Gasteiger partial charge in [0.15, 0.2) is 0 Å². The van der Waals surface area contributed by atoms with Gasteiger partial charge in [0.1, 0.15) is 0 Å². The third-order valence-electron chi connectivity index (χ3n) is 2.85. The van der Waals surface area contributed by atoms with E-state index in [2.05, 4.69) is 10.3 Å². The lowest BCUT2D eigenvalue weighted by atomic mass is 10.1. The predicted octanol–water partition coefficient (Wildman–Crippen LogP) is 3.61. The number of pyridine rings is 1. The summed E-state index contributed by atoms with van der Waals surface area (Å²) in [6.07, 6.45) is 4.63. The summed E-state index contributed by atoms with van der Waals surface area (Å²) in [7, 11) is 0. The van der Waals surface area contributed by atoms with Crippen LogP contribution in [0.5, 0.6) is 0 Å². The maximum atomic E-state index is 11.9. The molecule has 0 aliphatic carbocycles. The van der Waals surface area contributed by atoms with Gasteiger partial charge in [0.05, 0.1) is 0 Å². The van der Waals surface area contributed by atoms with Gasteiger partial charge in [0, 0.05) is 29.5 Å². The summed E-state index contributed by atoms with van der Waals surface area (Å²) in [5.41, 5.74) is 2.88. The van der Waals surface area contributed by atoms with E-state index in [1.807, 2.05) is 31.2 Å². The molecule has 0 radical (unpaired) electrons. The van der Waals surface area contributed by atoms with Crippen molar-refractivity contribution in [2.75, 3.05) is 5.32 Å². The number of hydrogen-bond acceptors (Lipinski definition) is 2. The highest BCUT2D eigenvalue weighted by Crippen LogP contribution is 2.19. The first-order chi connectivity index (χ1) is 9.15. The van der Waals surface area contributed by atoms with Crippen LogP contribution in [0.2, 0.25) is 5.02 Å². The van der Waals surface area contributed by atoms with Crippen LogP contribution in [0.4, 0.5) is 5.69 Å². The van der Waals surface area contributed by atoms with E-state index in [9.17, 15) is 4.79 Å². The molecule has 1 amide bonds. The Morgan fingerprint density at radius 1 is 1.26 bits per heavy atom. The number of anilines is 1. The Kier molecular flexibility index (Phi) is 4.53. The summed E-state index contributed by atoms with van der Waals surface area (Å²) < 4.78 is 0. The van der Waals surface area contributed by atoms with Gasteiger partial charge in [0.25, 0.3) is 0 Å². The first-order valence-electron chi connectivity index (χ1n) is 6.10. The minimum Gasteiger partial charge on any atom is -0.326 e. The lowest BCUT2D eigenvalue weighted by Crippen LogP contribution is -2.13. The van der Waals surface area contributed by atoms with Gasteiger partial charge in [0.2, 0.25) is 5.91 Å². The fourth-order valence-corrected chi connectivity index (χ4v) is 2.01. The summed E-state index contributed by atoms with van der Waals surface area (Å²) >= 11 is 5.88. The molecule has 3 nitrogen and oxygen atoms in total. The fourth-order valence-electron chi connectivity index (χ4n) is 1.79. The molecule has 0 spiro atoms.